The number of hydrogen-bond acceptors (Lipinski definition) is 8. The highest BCUT2D eigenvalue weighted by molar-refractivity contribution is 6.33. The number of halogens is 1. The van der Waals surface area contributed by atoms with Crippen molar-refractivity contribution in [1.29, 1.82) is 0 Å². The summed E-state index contributed by atoms with van der Waals surface area (Å²) in [6.45, 7) is 0.221. The van der Waals surface area contributed by atoms with Crippen LogP contribution in [0.1, 0.15) is 5.76 Å². The van der Waals surface area contributed by atoms with Gasteiger partial charge in [-0.15, -0.1) is 5.11 Å². The fraction of sp³-hybridized carbons (Fsp3) is 0.0385. The maximum Gasteiger partial charge on any atom is 0.275 e. The molecule has 0 aliphatic rings. The maximum atomic E-state index is 6.26. The molecule has 0 saturated heterocycles. The molecule has 0 aliphatic heterocycles. The van der Waals surface area contributed by atoms with E-state index in [1.54, 1.807) is 0 Å². The summed E-state index contributed by atoms with van der Waals surface area (Å²) < 4.78 is 5.88. The van der Waals surface area contributed by atoms with Gasteiger partial charge in [0.15, 0.2) is 0 Å². The van der Waals surface area contributed by atoms with E-state index >= 15 is 0 Å². The van der Waals surface area contributed by atoms with Crippen molar-refractivity contribution in [2.24, 2.45) is 10.2 Å². The molecule has 9 heteroatoms. The van der Waals surface area contributed by atoms with E-state index in [2.05, 4.69) is 35.8 Å². The first-order valence-electron chi connectivity index (χ1n) is 10.8. The Hall–Kier alpha value is -4.56. The summed E-state index contributed by atoms with van der Waals surface area (Å²) in [4.78, 5) is 13.2. The quantitative estimate of drug-likeness (QED) is 0.222. The smallest absolute Gasteiger partial charge is 0.275 e. The first kappa shape index (κ1) is 22.2. The fourth-order valence-electron chi connectivity index (χ4n) is 3.26. The monoisotopic (exact) mass is 481 g/mol. The molecule has 8 nitrogen and oxygen atoms in total. The normalized spacial score (nSPS) is 11.0. The zero-order valence-electron chi connectivity index (χ0n) is 18.5. The Kier molecular flexibility index (Phi) is 6.72. The molecule has 0 saturated carbocycles. The highest BCUT2D eigenvalue weighted by atomic mass is 35.5. The second-order valence-corrected chi connectivity index (χ2v) is 7.82. The molecule has 0 aliphatic carbocycles. The molecular formula is C26H20ClN7O. The van der Waals surface area contributed by atoms with Gasteiger partial charge in [-0.25, -0.2) is 0 Å². The number of benzene rings is 3. The number of anilines is 4. The molecule has 0 amide bonds. The highest BCUT2D eigenvalue weighted by Gasteiger charge is 2.09. The average molecular weight is 482 g/mol. The Morgan fingerprint density at radius 2 is 1.29 bits per heavy atom. The van der Waals surface area contributed by atoms with Crippen molar-refractivity contribution >= 4 is 40.8 Å². The first-order chi connectivity index (χ1) is 17.2. The molecule has 0 atom stereocenters. The second kappa shape index (κ2) is 10.6. The Morgan fingerprint density at radius 3 is 1.91 bits per heavy atom. The average Bonchev–Trinajstić information content (AvgIpc) is 3.34. The van der Waals surface area contributed by atoms with Gasteiger partial charge in [-0.1, -0.05) is 60.1 Å². The van der Waals surface area contributed by atoms with Crippen LogP contribution in [0, 0.1) is 0 Å². The van der Waals surface area contributed by atoms with Crippen molar-refractivity contribution in [1.82, 2.24) is 15.0 Å². The van der Waals surface area contributed by atoms with Crippen molar-refractivity contribution in [2.45, 2.75) is 6.54 Å². The van der Waals surface area contributed by atoms with E-state index in [1.807, 2.05) is 97.1 Å². The summed E-state index contributed by atoms with van der Waals surface area (Å²) in [7, 11) is 0. The molecule has 2 N–H and O–H groups in total. The summed E-state index contributed by atoms with van der Waals surface area (Å²) in [5, 5.41) is 15.4. The van der Waals surface area contributed by atoms with Gasteiger partial charge in [0.05, 0.1) is 5.02 Å². The molecule has 0 spiro atoms. The molecule has 0 fully saturated rings. The molecule has 0 unspecified atom stereocenters. The Bertz CT molecular complexity index is 1380. The molecule has 5 aromatic rings. The molecule has 2 heterocycles. The van der Waals surface area contributed by atoms with Crippen molar-refractivity contribution < 1.29 is 4.42 Å². The number of aromatic nitrogens is 3. The minimum atomic E-state index is 0.162. The number of hydrogen-bond donors (Lipinski definition) is 2. The van der Waals surface area contributed by atoms with E-state index in [-0.39, 0.29) is 12.5 Å². The largest absolute Gasteiger partial charge is 0.459 e. The molecule has 5 rings (SSSR count). The minimum Gasteiger partial charge on any atom is -0.459 e. The lowest BCUT2D eigenvalue weighted by Gasteiger charge is -2.08. The molecule has 0 bridgehead atoms. The summed E-state index contributed by atoms with van der Waals surface area (Å²) in [6.07, 6.45) is 0. The van der Waals surface area contributed by atoms with Crippen LogP contribution in [-0.2, 0) is 6.54 Å². The van der Waals surface area contributed by atoms with Crippen molar-refractivity contribution in [3.05, 3.63) is 108 Å². The minimum absolute atomic E-state index is 0.162. The van der Waals surface area contributed by atoms with Crippen LogP contribution in [-0.4, -0.2) is 15.0 Å². The summed E-state index contributed by atoms with van der Waals surface area (Å²) >= 11 is 6.26. The molecule has 0 radical (unpaired) electrons. The standard InChI is InChI=1S/C26H20ClN7O/c27-22-14-8-7-13-21(22)23-16-15-20(35-23)17-28-34-26-32-24(29-18-9-3-1-4-10-18)31-25(33-26)30-19-11-5-2-6-12-19/h1-16H,17H2,(H2,29,30,31,32,33). The summed E-state index contributed by atoms with van der Waals surface area (Å²) in [6, 6.07) is 30.5. The molecule has 172 valence electrons. The van der Waals surface area contributed by atoms with E-state index in [9.17, 15) is 0 Å². The molecule has 2 aromatic heterocycles. The van der Waals surface area contributed by atoms with Gasteiger partial charge in [-0.05, 0) is 48.5 Å². The van der Waals surface area contributed by atoms with Crippen LogP contribution >= 0.6 is 11.6 Å². The Labute approximate surface area is 206 Å². The van der Waals surface area contributed by atoms with Crippen LogP contribution < -0.4 is 10.6 Å². The summed E-state index contributed by atoms with van der Waals surface area (Å²) in [5.74, 6) is 2.16. The topological polar surface area (TPSA) is 101 Å². The van der Waals surface area contributed by atoms with Crippen LogP contribution in [0.25, 0.3) is 11.3 Å². The van der Waals surface area contributed by atoms with E-state index in [1.165, 1.54) is 0 Å². The maximum absolute atomic E-state index is 6.26. The number of rotatable bonds is 8. The second-order valence-electron chi connectivity index (χ2n) is 7.41. The SMILES string of the molecule is Clc1ccccc1-c1ccc(CN=Nc2nc(Nc3ccccc3)nc(Nc3ccccc3)n2)o1. The zero-order valence-corrected chi connectivity index (χ0v) is 19.2. The predicted molar refractivity (Wildman–Crippen MR) is 137 cm³/mol. The lowest BCUT2D eigenvalue weighted by atomic mass is 10.2. The van der Waals surface area contributed by atoms with Crippen molar-refractivity contribution in [3.63, 3.8) is 0 Å². The number of para-hydroxylation sites is 2. The molecular weight excluding hydrogens is 462 g/mol. The van der Waals surface area contributed by atoms with Crippen LogP contribution in [0.2, 0.25) is 5.02 Å². The van der Waals surface area contributed by atoms with Crippen LogP contribution in [0.15, 0.2) is 112 Å². The fourth-order valence-corrected chi connectivity index (χ4v) is 3.49. The first-order valence-corrected chi connectivity index (χ1v) is 11.2. The third-order valence-electron chi connectivity index (χ3n) is 4.87. The van der Waals surface area contributed by atoms with Crippen molar-refractivity contribution in [3.8, 4) is 11.3 Å². The van der Waals surface area contributed by atoms with Gasteiger partial charge in [-0.2, -0.15) is 20.1 Å². The Morgan fingerprint density at radius 1 is 0.686 bits per heavy atom. The lowest BCUT2D eigenvalue weighted by Crippen LogP contribution is -2.03. The van der Waals surface area contributed by atoms with E-state index < -0.39 is 0 Å². The highest BCUT2D eigenvalue weighted by Crippen LogP contribution is 2.29. The van der Waals surface area contributed by atoms with Gasteiger partial charge in [0.1, 0.15) is 18.1 Å². The van der Waals surface area contributed by atoms with Gasteiger partial charge in [0.25, 0.3) is 5.95 Å². The van der Waals surface area contributed by atoms with Crippen LogP contribution in [0.3, 0.4) is 0 Å². The van der Waals surface area contributed by atoms with Gasteiger partial charge < -0.3 is 15.1 Å². The van der Waals surface area contributed by atoms with Gasteiger partial charge in [0, 0.05) is 16.9 Å². The number of azo groups is 1. The van der Waals surface area contributed by atoms with Crippen molar-refractivity contribution in [2.75, 3.05) is 10.6 Å². The number of nitrogens with one attached hydrogen (secondary N) is 2. The van der Waals surface area contributed by atoms with Crippen LogP contribution in [0.5, 0.6) is 0 Å². The zero-order chi connectivity index (χ0) is 23.9. The third-order valence-corrected chi connectivity index (χ3v) is 5.20. The summed E-state index contributed by atoms with van der Waals surface area (Å²) in [5.41, 5.74) is 2.51. The number of furan rings is 1. The number of nitrogens with zero attached hydrogens (tertiary/aromatic N) is 5. The molecule has 3 aromatic carbocycles. The molecule has 35 heavy (non-hydrogen) atoms. The van der Waals surface area contributed by atoms with Gasteiger partial charge in [-0.3, -0.25) is 0 Å². The van der Waals surface area contributed by atoms with E-state index in [0.29, 0.717) is 28.4 Å². The third kappa shape index (κ3) is 5.87. The predicted octanol–water partition coefficient (Wildman–Crippen LogP) is 7.56. The van der Waals surface area contributed by atoms with E-state index in [0.717, 1.165) is 16.9 Å². The van der Waals surface area contributed by atoms with Gasteiger partial charge >= 0.3 is 0 Å². The van der Waals surface area contributed by atoms with Crippen LogP contribution in [0.4, 0.5) is 29.2 Å². The lowest BCUT2D eigenvalue weighted by molar-refractivity contribution is 0.522. The Balaban J connectivity index is 1.35. The van der Waals surface area contributed by atoms with Gasteiger partial charge in [0.2, 0.25) is 11.9 Å². The van der Waals surface area contributed by atoms with E-state index in [4.69, 9.17) is 16.0 Å².